The summed E-state index contributed by atoms with van der Waals surface area (Å²) in [6.45, 7) is 0. The summed E-state index contributed by atoms with van der Waals surface area (Å²) in [6.07, 6.45) is -18.9. The quantitative estimate of drug-likeness (QED) is 0.0663. The molecule has 1 aliphatic carbocycles. The third-order valence-corrected chi connectivity index (χ3v) is 6.61. The zero-order valence-electron chi connectivity index (χ0n) is 16.4. The van der Waals surface area contributed by atoms with Crippen molar-refractivity contribution in [3.8, 4) is 0 Å². The maximum atomic E-state index is 11.4. The molecule has 1 saturated carbocycles. The van der Waals surface area contributed by atoms with Crippen LogP contribution in [0.3, 0.4) is 0 Å². The monoisotopic (exact) mass is 740 g/mol. The summed E-state index contributed by atoms with van der Waals surface area (Å²) in [5.74, 6) is 0. The summed E-state index contributed by atoms with van der Waals surface area (Å²) in [5, 5.41) is 0. The van der Waals surface area contributed by atoms with Crippen LogP contribution in [0.1, 0.15) is 0 Å². The zero-order valence-corrected chi connectivity index (χ0v) is 21.8. The van der Waals surface area contributed by atoms with Gasteiger partial charge in [-0.2, -0.15) is 0 Å². The van der Waals surface area contributed by atoms with Crippen LogP contribution < -0.4 is 0 Å². The Morgan fingerprint density at radius 2 is 0.368 bits per heavy atom. The van der Waals surface area contributed by atoms with E-state index in [0.29, 0.717) is 0 Å². The molecule has 1 rings (SSSR count). The summed E-state index contributed by atoms with van der Waals surface area (Å²) in [4.78, 5) is 110. The molecule has 38 heavy (non-hydrogen) atoms. The van der Waals surface area contributed by atoms with E-state index in [-0.39, 0.29) is 103 Å². The molecular weight excluding hydrogens is 720 g/mol. The molecule has 24 nitrogen and oxygen atoms in total. The molecule has 0 radical (unpaired) electrons. The molecule has 220 valence electrons. The predicted octanol–water partition coefficient (Wildman–Crippen LogP) is -4.43. The Balaban J connectivity index is 0. The van der Waals surface area contributed by atoms with E-state index >= 15 is 0 Å². The third kappa shape index (κ3) is 18.0. The molecule has 0 aromatic rings. The van der Waals surface area contributed by atoms with Gasteiger partial charge in [-0.25, -0.2) is 27.4 Å². The van der Waals surface area contributed by atoms with Crippen molar-refractivity contribution in [3.63, 3.8) is 0 Å². The van der Waals surface area contributed by atoms with Crippen LogP contribution in [0.4, 0.5) is 0 Å². The van der Waals surface area contributed by atoms with E-state index in [9.17, 15) is 27.4 Å². The van der Waals surface area contributed by atoms with Gasteiger partial charge < -0.3 is 58.7 Å². The predicted molar refractivity (Wildman–Crippen MR) is 116 cm³/mol. The molecule has 1 aliphatic rings. The number of hydrogen-bond acceptors (Lipinski definition) is 12. The minimum atomic E-state index is -6.02. The molecule has 0 spiro atoms. The summed E-state index contributed by atoms with van der Waals surface area (Å²) in [5.41, 5.74) is 0. The van der Waals surface area contributed by atoms with E-state index in [2.05, 4.69) is 27.1 Å². The molecule has 0 amide bonds. The Labute approximate surface area is 295 Å². The molecular formula is C6H20K2O24P6. The molecule has 0 aliphatic heterocycles. The van der Waals surface area contributed by atoms with Gasteiger partial charge in [0, 0.05) is 0 Å². The fraction of sp³-hybridized carbons (Fsp3) is 1.00. The van der Waals surface area contributed by atoms with Crippen LogP contribution in [-0.2, 0) is 54.5 Å². The molecule has 0 aromatic heterocycles. The fourth-order valence-corrected chi connectivity index (χ4v) is 6.14. The van der Waals surface area contributed by atoms with Crippen LogP contribution in [0.25, 0.3) is 0 Å². The number of phosphoric ester groups is 6. The SMILES string of the molecule is O=P(O)(O)O[C@H]1[C@H](OP(=O)(O)O)[C@@H](OP(=O)(O)O)[C@H](OP(=O)(O)O)[C@@H](OP(=O)(O)O)[C@H]1OP(=O)(O)O.[KH].[KH]. The second kappa shape index (κ2) is 16.0. The van der Waals surface area contributed by atoms with E-state index in [4.69, 9.17) is 58.7 Å². The molecule has 0 bridgehead atoms. The van der Waals surface area contributed by atoms with Gasteiger partial charge in [0.05, 0.1) is 0 Å². The first-order chi connectivity index (χ1) is 15.6. The average Bonchev–Trinajstić information content (AvgIpc) is 2.51. The topological polar surface area (TPSA) is 401 Å². The first-order valence-corrected chi connectivity index (χ1v) is 17.2. The van der Waals surface area contributed by atoms with Crippen molar-refractivity contribution in [3.05, 3.63) is 0 Å². The standard InChI is InChI=1S/C6H18O24P6.2K.2H/c7-31(8,9)25-1-2(26-32(10,11)12)4(28-34(16,17)18)6(30-36(22,23)24)5(29-35(19,20)21)3(1)27-33(13,14)15;;;;/h1-6H,(H2,7,8,9)(H2,10,11,12)(H2,13,14,15)(H2,16,17,18)(H2,19,20,21)(H2,22,23,24);;;;/t1-,2-,3-,4+,5-,6-;;;;. The van der Waals surface area contributed by atoms with Crippen molar-refractivity contribution in [2.24, 2.45) is 0 Å². The van der Waals surface area contributed by atoms with E-state index in [1.54, 1.807) is 0 Å². The van der Waals surface area contributed by atoms with Crippen LogP contribution in [-0.4, -0.2) is 198 Å². The first-order valence-electron chi connectivity index (χ1n) is 8.01. The van der Waals surface area contributed by atoms with Crippen molar-refractivity contribution in [2.45, 2.75) is 36.6 Å². The van der Waals surface area contributed by atoms with Gasteiger partial charge >= 0.3 is 150 Å². The summed E-state index contributed by atoms with van der Waals surface area (Å²) in [6, 6.07) is 0. The van der Waals surface area contributed by atoms with E-state index in [1.807, 2.05) is 0 Å². The van der Waals surface area contributed by atoms with Crippen molar-refractivity contribution < 1.29 is 113 Å². The normalized spacial score (nSPS) is 27.8. The third-order valence-electron chi connectivity index (χ3n) is 3.50. The Morgan fingerprint density at radius 1 is 0.289 bits per heavy atom. The van der Waals surface area contributed by atoms with Crippen LogP contribution in [0.2, 0.25) is 0 Å². The Bertz CT molecular complexity index is 829. The van der Waals surface area contributed by atoms with E-state index in [1.165, 1.54) is 0 Å². The Kier molecular flexibility index (Phi) is 18.5. The minimum absolute atomic E-state index is 0. The van der Waals surface area contributed by atoms with Crippen molar-refractivity contribution in [1.82, 2.24) is 0 Å². The summed E-state index contributed by atoms with van der Waals surface area (Å²) >= 11 is 0. The molecule has 0 atom stereocenters. The number of rotatable bonds is 12. The van der Waals surface area contributed by atoms with E-state index in [0.717, 1.165) is 0 Å². The second-order valence-corrected chi connectivity index (χ2v) is 13.5. The van der Waals surface area contributed by atoms with Crippen LogP contribution in [0, 0.1) is 0 Å². The molecule has 0 aromatic carbocycles. The van der Waals surface area contributed by atoms with Gasteiger partial charge in [-0.05, 0) is 0 Å². The summed E-state index contributed by atoms with van der Waals surface area (Å²) in [7, 11) is -36.1. The van der Waals surface area contributed by atoms with Crippen LogP contribution in [0.15, 0.2) is 0 Å². The van der Waals surface area contributed by atoms with Gasteiger partial charge in [-0.3, -0.25) is 27.1 Å². The van der Waals surface area contributed by atoms with Crippen molar-refractivity contribution in [1.29, 1.82) is 0 Å². The maximum absolute atomic E-state index is 11.4. The summed E-state index contributed by atoms with van der Waals surface area (Å²) < 4.78 is 93.1. The van der Waals surface area contributed by atoms with Gasteiger partial charge in [0.2, 0.25) is 0 Å². The van der Waals surface area contributed by atoms with Gasteiger partial charge in [0.15, 0.2) is 0 Å². The molecule has 0 unspecified atom stereocenters. The first kappa shape index (κ1) is 44.1. The van der Waals surface area contributed by atoms with E-state index < -0.39 is 83.6 Å². The van der Waals surface area contributed by atoms with Gasteiger partial charge in [-0.1, -0.05) is 0 Å². The van der Waals surface area contributed by atoms with Gasteiger partial charge in [0.1, 0.15) is 36.6 Å². The molecule has 0 saturated heterocycles. The van der Waals surface area contributed by atoms with Gasteiger partial charge in [-0.15, -0.1) is 0 Å². The molecule has 1 fully saturated rings. The molecule has 12 N–H and O–H groups in total. The van der Waals surface area contributed by atoms with Crippen molar-refractivity contribution >= 4 is 150 Å². The number of phosphoric acid groups is 6. The van der Waals surface area contributed by atoms with Crippen molar-refractivity contribution in [2.75, 3.05) is 0 Å². The Morgan fingerprint density at radius 3 is 0.421 bits per heavy atom. The van der Waals surface area contributed by atoms with Crippen LogP contribution >= 0.6 is 46.9 Å². The van der Waals surface area contributed by atoms with Crippen LogP contribution in [0.5, 0.6) is 0 Å². The molecule has 32 heteroatoms. The molecule has 0 heterocycles. The number of hydrogen-bond donors (Lipinski definition) is 12. The zero-order chi connectivity index (χ0) is 28.7. The fourth-order valence-electron chi connectivity index (χ4n) is 2.79. The second-order valence-electron chi connectivity index (χ2n) is 6.36. The Hall–Kier alpha value is 3.93. The average molecular weight is 740 g/mol. The van der Waals surface area contributed by atoms with Gasteiger partial charge in [0.25, 0.3) is 0 Å².